The predicted octanol–water partition coefficient (Wildman–Crippen LogP) is 1.20. The average molecular weight is 222 g/mol. The summed E-state index contributed by atoms with van der Waals surface area (Å²) >= 11 is 0. The van der Waals surface area contributed by atoms with Crippen molar-refractivity contribution in [2.24, 2.45) is 5.73 Å². The molecule has 16 heavy (non-hydrogen) atoms. The zero-order valence-electron chi connectivity index (χ0n) is 9.61. The topological polar surface area (TPSA) is 47.7 Å². The zero-order chi connectivity index (χ0) is 11.4. The summed E-state index contributed by atoms with van der Waals surface area (Å²) in [6.07, 6.45) is 0. The van der Waals surface area contributed by atoms with Gasteiger partial charge in [0.15, 0.2) is 11.5 Å². The molecule has 0 amide bonds. The third kappa shape index (κ3) is 2.46. The van der Waals surface area contributed by atoms with E-state index in [1.54, 1.807) is 0 Å². The first-order valence-electron chi connectivity index (χ1n) is 5.64. The summed E-state index contributed by atoms with van der Waals surface area (Å²) < 4.78 is 10.6. The summed E-state index contributed by atoms with van der Waals surface area (Å²) in [4.78, 5) is 2.30. The maximum Gasteiger partial charge on any atom is 0.231 e. The van der Waals surface area contributed by atoms with Gasteiger partial charge in [0.25, 0.3) is 0 Å². The molecule has 0 aromatic heterocycles. The minimum Gasteiger partial charge on any atom is -0.454 e. The summed E-state index contributed by atoms with van der Waals surface area (Å²) in [6.45, 7) is 6.00. The average Bonchev–Trinajstić information content (AvgIpc) is 2.75. The Morgan fingerprint density at radius 1 is 1.31 bits per heavy atom. The number of nitrogens with zero attached hydrogens (tertiary/aromatic N) is 1. The smallest absolute Gasteiger partial charge is 0.231 e. The fourth-order valence-electron chi connectivity index (χ4n) is 1.83. The van der Waals surface area contributed by atoms with Crippen LogP contribution >= 0.6 is 0 Å². The fourth-order valence-corrected chi connectivity index (χ4v) is 1.83. The van der Waals surface area contributed by atoms with Crippen LogP contribution in [-0.2, 0) is 6.54 Å². The summed E-state index contributed by atoms with van der Waals surface area (Å²) in [5.74, 6) is 1.69. The summed E-state index contributed by atoms with van der Waals surface area (Å²) in [6, 6.07) is 6.09. The Bertz CT molecular complexity index is 355. The lowest BCUT2D eigenvalue weighted by atomic mass is 10.2. The third-order valence-electron chi connectivity index (χ3n) is 2.74. The van der Waals surface area contributed by atoms with Gasteiger partial charge in [0, 0.05) is 19.6 Å². The predicted molar refractivity (Wildman–Crippen MR) is 62.6 cm³/mol. The van der Waals surface area contributed by atoms with Gasteiger partial charge in [-0.05, 0) is 24.2 Å². The van der Waals surface area contributed by atoms with Crippen LogP contribution in [0.2, 0.25) is 0 Å². The number of nitrogens with two attached hydrogens (primary N) is 1. The molecule has 1 heterocycles. The molecule has 0 atom stereocenters. The lowest BCUT2D eigenvalue weighted by Gasteiger charge is -2.19. The molecular weight excluding hydrogens is 204 g/mol. The number of rotatable bonds is 5. The molecule has 0 spiro atoms. The van der Waals surface area contributed by atoms with Crippen molar-refractivity contribution in [1.82, 2.24) is 4.90 Å². The second kappa shape index (κ2) is 5.18. The minimum absolute atomic E-state index is 0.332. The number of likely N-dealkylation sites (N-methyl/N-ethyl adjacent to an activating group) is 1. The van der Waals surface area contributed by atoms with Crippen LogP contribution in [0.5, 0.6) is 11.5 Å². The molecule has 1 aromatic rings. The molecule has 2 rings (SSSR count). The Kier molecular flexibility index (Phi) is 3.64. The van der Waals surface area contributed by atoms with E-state index in [9.17, 15) is 0 Å². The highest BCUT2D eigenvalue weighted by Crippen LogP contribution is 2.32. The Labute approximate surface area is 95.9 Å². The van der Waals surface area contributed by atoms with Crippen LogP contribution in [0.25, 0.3) is 0 Å². The van der Waals surface area contributed by atoms with E-state index in [2.05, 4.69) is 17.9 Å². The molecule has 0 bridgehead atoms. The van der Waals surface area contributed by atoms with Gasteiger partial charge in [-0.2, -0.15) is 0 Å². The van der Waals surface area contributed by atoms with Crippen molar-refractivity contribution in [3.8, 4) is 11.5 Å². The normalized spacial score (nSPS) is 13.4. The second-order valence-corrected chi connectivity index (χ2v) is 3.85. The summed E-state index contributed by atoms with van der Waals surface area (Å²) in [7, 11) is 0. The van der Waals surface area contributed by atoms with Gasteiger partial charge < -0.3 is 15.2 Å². The van der Waals surface area contributed by atoms with Crippen LogP contribution in [0.1, 0.15) is 12.5 Å². The maximum absolute atomic E-state index is 5.56. The van der Waals surface area contributed by atoms with E-state index in [-0.39, 0.29) is 0 Å². The van der Waals surface area contributed by atoms with Crippen molar-refractivity contribution < 1.29 is 9.47 Å². The van der Waals surface area contributed by atoms with Gasteiger partial charge in [0.1, 0.15) is 0 Å². The van der Waals surface area contributed by atoms with E-state index in [4.69, 9.17) is 15.2 Å². The summed E-state index contributed by atoms with van der Waals surface area (Å²) in [5, 5.41) is 0. The van der Waals surface area contributed by atoms with Crippen molar-refractivity contribution in [2.45, 2.75) is 13.5 Å². The van der Waals surface area contributed by atoms with E-state index < -0.39 is 0 Å². The number of hydrogen-bond acceptors (Lipinski definition) is 4. The lowest BCUT2D eigenvalue weighted by molar-refractivity contribution is 0.174. The highest BCUT2D eigenvalue weighted by Gasteiger charge is 2.13. The molecule has 4 nitrogen and oxygen atoms in total. The van der Waals surface area contributed by atoms with Crippen LogP contribution in [0, 0.1) is 0 Å². The van der Waals surface area contributed by atoms with Crippen molar-refractivity contribution in [3.63, 3.8) is 0 Å². The fraction of sp³-hybridized carbons (Fsp3) is 0.500. The highest BCUT2D eigenvalue weighted by atomic mass is 16.7. The Morgan fingerprint density at radius 3 is 2.88 bits per heavy atom. The highest BCUT2D eigenvalue weighted by molar-refractivity contribution is 5.44. The van der Waals surface area contributed by atoms with Crippen molar-refractivity contribution in [2.75, 3.05) is 26.4 Å². The van der Waals surface area contributed by atoms with E-state index in [1.807, 2.05) is 12.1 Å². The SMILES string of the molecule is CCN(CCN)Cc1ccc2c(c1)OCO2. The first-order chi connectivity index (χ1) is 7.83. The molecule has 0 saturated heterocycles. The van der Waals surface area contributed by atoms with Gasteiger partial charge in [-0.3, -0.25) is 4.90 Å². The lowest BCUT2D eigenvalue weighted by Crippen LogP contribution is -2.28. The van der Waals surface area contributed by atoms with E-state index >= 15 is 0 Å². The van der Waals surface area contributed by atoms with Gasteiger partial charge in [-0.25, -0.2) is 0 Å². The van der Waals surface area contributed by atoms with Gasteiger partial charge in [0.05, 0.1) is 0 Å². The first-order valence-corrected chi connectivity index (χ1v) is 5.64. The number of benzene rings is 1. The van der Waals surface area contributed by atoms with Gasteiger partial charge in [-0.15, -0.1) is 0 Å². The van der Waals surface area contributed by atoms with Crippen molar-refractivity contribution >= 4 is 0 Å². The first kappa shape index (κ1) is 11.2. The molecule has 1 aliphatic heterocycles. The Hall–Kier alpha value is -1.26. The van der Waals surface area contributed by atoms with Crippen LogP contribution in [0.3, 0.4) is 0 Å². The molecule has 1 aliphatic rings. The molecule has 88 valence electrons. The van der Waals surface area contributed by atoms with Crippen LogP contribution in [-0.4, -0.2) is 31.3 Å². The number of fused-ring (bicyclic) bond motifs is 1. The quantitative estimate of drug-likeness (QED) is 0.813. The largest absolute Gasteiger partial charge is 0.454 e. The van der Waals surface area contributed by atoms with Crippen molar-refractivity contribution in [3.05, 3.63) is 23.8 Å². The van der Waals surface area contributed by atoms with Crippen LogP contribution in [0.4, 0.5) is 0 Å². The van der Waals surface area contributed by atoms with Crippen LogP contribution in [0.15, 0.2) is 18.2 Å². The van der Waals surface area contributed by atoms with Gasteiger partial charge >= 0.3 is 0 Å². The zero-order valence-corrected chi connectivity index (χ0v) is 9.61. The third-order valence-corrected chi connectivity index (χ3v) is 2.74. The number of ether oxygens (including phenoxy) is 2. The maximum atomic E-state index is 5.56. The minimum atomic E-state index is 0.332. The Balaban J connectivity index is 2.04. The standard InChI is InChI=1S/C12H18N2O2/c1-2-14(6-5-13)8-10-3-4-11-12(7-10)16-9-15-11/h3-4,7H,2,5-6,8-9,13H2,1H3. The van der Waals surface area contributed by atoms with E-state index in [0.29, 0.717) is 13.3 Å². The molecule has 0 unspecified atom stereocenters. The molecule has 2 N–H and O–H groups in total. The van der Waals surface area contributed by atoms with E-state index in [0.717, 1.165) is 31.1 Å². The van der Waals surface area contributed by atoms with E-state index in [1.165, 1.54) is 5.56 Å². The van der Waals surface area contributed by atoms with Gasteiger partial charge in [0.2, 0.25) is 6.79 Å². The molecule has 0 aliphatic carbocycles. The molecule has 0 radical (unpaired) electrons. The monoisotopic (exact) mass is 222 g/mol. The van der Waals surface area contributed by atoms with Gasteiger partial charge in [-0.1, -0.05) is 13.0 Å². The van der Waals surface area contributed by atoms with Crippen LogP contribution < -0.4 is 15.2 Å². The molecule has 0 fully saturated rings. The second-order valence-electron chi connectivity index (χ2n) is 3.85. The Morgan fingerprint density at radius 2 is 2.12 bits per heavy atom. The molecule has 0 saturated carbocycles. The van der Waals surface area contributed by atoms with Crippen molar-refractivity contribution in [1.29, 1.82) is 0 Å². The molecular formula is C12H18N2O2. The summed E-state index contributed by atoms with van der Waals surface area (Å²) in [5.41, 5.74) is 6.80. The molecule has 1 aromatic carbocycles. The number of hydrogen-bond donors (Lipinski definition) is 1. The molecule has 4 heteroatoms.